The van der Waals surface area contributed by atoms with Gasteiger partial charge in [0.25, 0.3) is 0 Å². The van der Waals surface area contributed by atoms with E-state index >= 15 is 0 Å². The molecule has 0 bridgehead atoms. The van der Waals surface area contributed by atoms with Gasteiger partial charge in [0.1, 0.15) is 16.6 Å². The molecule has 144 valence electrons. The predicted octanol–water partition coefficient (Wildman–Crippen LogP) is 4.85. The van der Waals surface area contributed by atoms with Crippen molar-refractivity contribution in [1.29, 1.82) is 0 Å². The van der Waals surface area contributed by atoms with E-state index in [2.05, 4.69) is 10.3 Å². The van der Waals surface area contributed by atoms with Crippen molar-refractivity contribution in [3.63, 3.8) is 0 Å². The van der Waals surface area contributed by atoms with Gasteiger partial charge in [0, 0.05) is 21.6 Å². The summed E-state index contributed by atoms with van der Waals surface area (Å²) in [5, 5.41) is 5.82. The van der Waals surface area contributed by atoms with Gasteiger partial charge in [-0.3, -0.25) is 4.79 Å². The molecule has 1 aromatic heterocycles. The first kappa shape index (κ1) is 19.0. The topological polar surface area (TPSA) is 51.2 Å². The van der Waals surface area contributed by atoms with Crippen LogP contribution in [0.5, 0.6) is 5.75 Å². The Bertz CT molecular complexity index is 988. The van der Waals surface area contributed by atoms with Gasteiger partial charge in [0.05, 0.1) is 25.3 Å². The molecule has 4 nitrogen and oxygen atoms in total. The monoisotopic (exact) mass is 414 g/mol. The summed E-state index contributed by atoms with van der Waals surface area (Å²) in [7, 11) is 1.63. The SMILES string of the molecule is COc1ccc(-c2nc(CC(=O)N[C@H]3CCSc4ccc(F)cc43)cs2)cc1. The lowest BCUT2D eigenvalue weighted by atomic mass is 10.0. The van der Waals surface area contributed by atoms with Crippen molar-refractivity contribution in [3.05, 3.63) is 64.9 Å². The molecular formula is C21H19FN2O2S2. The minimum Gasteiger partial charge on any atom is -0.497 e. The summed E-state index contributed by atoms with van der Waals surface area (Å²) in [6.07, 6.45) is 1.00. The third-order valence-electron chi connectivity index (χ3n) is 4.58. The number of fused-ring (bicyclic) bond motifs is 1. The number of aromatic nitrogens is 1. The summed E-state index contributed by atoms with van der Waals surface area (Å²) in [6.45, 7) is 0. The number of benzene rings is 2. The van der Waals surface area contributed by atoms with Crippen LogP contribution in [-0.2, 0) is 11.2 Å². The maximum absolute atomic E-state index is 13.6. The average Bonchev–Trinajstić information content (AvgIpc) is 3.17. The van der Waals surface area contributed by atoms with E-state index in [4.69, 9.17) is 4.74 Å². The minimum absolute atomic E-state index is 0.0984. The number of nitrogens with one attached hydrogen (secondary N) is 1. The highest BCUT2D eigenvalue weighted by Gasteiger charge is 2.23. The van der Waals surface area contributed by atoms with Gasteiger partial charge in [-0.15, -0.1) is 23.1 Å². The molecule has 1 N–H and O–H groups in total. The third kappa shape index (κ3) is 4.20. The Kier molecular flexibility index (Phi) is 5.64. The summed E-state index contributed by atoms with van der Waals surface area (Å²) in [6, 6.07) is 12.3. The maximum Gasteiger partial charge on any atom is 0.226 e. The molecule has 3 aromatic rings. The van der Waals surface area contributed by atoms with Crippen molar-refractivity contribution in [2.45, 2.75) is 23.8 Å². The molecule has 0 saturated carbocycles. The van der Waals surface area contributed by atoms with Crippen LogP contribution in [0.1, 0.15) is 23.7 Å². The van der Waals surface area contributed by atoms with E-state index in [0.717, 1.165) is 44.6 Å². The van der Waals surface area contributed by atoms with Crippen LogP contribution in [0.3, 0.4) is 0 Å². The first-order valence-corrected chi connectivity index (χ1v) is 10.8. The standard InChI is InChI=1S/C21H19FN2O2S2/c1-26-16-5-2-13(3-6-16)21-23-15(12-28-21)11-20(25)24-18-8-9-27-19-7-4-14(22)10-17(18)19/h2-7,10,12,18H,8-9,11H2,1H3,(H,24,25)/t18-/m0/s1. The van der Waals surface area contributed by atoms with Crippen LogP contribution in [0.15, 0.2) is 52.7 Å². The molecule has 2 heterocycles. The second-order valence-corrected chi connectivity index (χ2v) is 8.48. The van der Waals surface area contributed by atoms with Crippen molar-refractivity contribution in [2.75, 3.05) is 12.9 Å². The first-order valence-electron chi connectivity index (χ1n) is 8.93. The quantitative estimate of drug-likeness (QED) is 0.648. The van der Waals surface area contributed by atoms with E-state index in [1.54, 1.807) is 24.9 Å². The molecule has 28 heavy (non-hydrogen) atoms. The second kappa shape index (κ2) is 8.32. The summed E-state index contributed by atoms with van der Waals surface area (Å²) >= 11 is 3.21. The maximum atomic E-state index is 13.6. The van der Waals surface area contributed by atoms with Gasteiger partial charge in [-0.1, -0.05) is 0 Å². The van der Waals surface area contributed by atoms with Gasteiger partial charge in [-0.2, -0.15) is 0 Å². The fourth-order valence-corrected chi connectivity index (χ4v) is 5.11. The molecule has 1 aliphatic heterocycles. The van der Waals surface area contributed by atoms with E-state index in [9.17, 15) is 9.18 Å². The summed E-state index contributed by atoms with van der Waals surface area (Å²) in [4.78, 5) is 18.2. The Morgan fingerprint density at radius 2 is 2.11 bits per heavy atom. The third-order valence-corrected chi connectivity index (χ3v) is 6.64. The van der Waals surface area contributed by atoms with Crippen LogP contribution in [-0.4, -0.2) is 23.8 Å². The lowest BCUT2D eigenvalue weighted by molar-refractivity contribution is -0.121. The fraction of sp³-hybridized carbons (Fsp3) is 0.238. The Morgan fingerprint density at radius 3 is 2.89 bits per heavy atom. The first-order chi connectivity index (χ1) is 13.6. The molecule has 1 amide bonds. The normalized spacial score (nSPS) is 15.7. The van der Waals surface area contributed by atoms with Gasteiger partial charge >= 0.3 is 0 Å². The Labute approximate surface area is 171 Å². The molecule has 4 rings (SSSR count). The number of thiazole rings is 1. The zero-order chi connectivity index (χ0) is 19.5. The van der Waals surface area contributed by atoms with Crippen LogP contribution in [0.4, 0.5) is 4.39 Å². The molecule has 1 aliphatic rings. The van der Waals surface area contributed by atoms with Crippen LogP contribution in [0.25, 0.3) is 10.6 Å². The lowest BCUT2D eigenvalue weighted by Crippen LogP contribution is -2.31. The predicted molar refractivity (Wildman–Crippen MR) is 110 cm³/mol. The van der Waals surface area contributed by atoms with Gasteiger partial charge in [0.2, 0.25) is 5.91 Å². The summed E-state index contributed by atoms with van der Waals surface area (Å²) in [5.74, 6) is 1.33. The molecule has 0 spiro atoms. The Hall–Kier alpha value is -2.38. The van der Waals surface area contributed by atoms with Crippen LogP contribution in [0, 0.1) is 5.82 Å². The van der Waals surface area contributed by atoms with Crippen molar-refractivity contribution in [1.82, 2.24) is 10.3 Å². The summed E-state index contributed by atoms with van der Waals surface area (Å²) in [5.41, 5.74) is 2.59. The zero-order valence-corrected chi connectivity index (χ0v) is 16.9. The highest BCUT2D eigenvalue weighted by molar-refractivity contribution is 7.99. The van der Waals surface area contributed by atoms with E-state index < -0.39 is 0 Å². The molecule has 0 unspecified atom stereocenters. The molecule has 0 fully saturated rings. The number of rotatable bonds is 5. The number of carbonyl (C=O) groups excluding carboxylic acids is 1. The number of hydrogen-bond donors (Lipinski definition) is 1. The number of methoxy groups -OCH3 is 1. The number of halogens is 1. The van der Waals surface area contributed by atoms with Crippen molar-refractivity contribution in [2.24, 2.45) is 0 Å². The molecule has 2 aromatic carbocycles. The molecule has 0 aliphatic carbocycles. The van der Waals surface area contributed by atoms with Crippen LogP contribution < -0.4 is 10.1 Å². The number of ether oxygens (including phenoxy) is 1. The van der Waals surface area contributed by atoms with Crippen molar-refractivity contribution < 1.29 is 13.9 Å². The average molecular weight is 415 g/mol. The van der Waals surface area contributed by atoms with Crippen molar-refractivity contribution >= 4 is 29.0 Å². The van der Waals surface area contributed by atoms with E-state index in [-0.39, 0.29) is 24.2 Å². The second-order valence-electron chi connectivity index (χ2n) is 6.49. The van der Waals surface area contributed by atoms with E-state index in [1.165, 1.54) is 23.5 Å². The van der Waals surface area contributed by atoms with Gasteiger partial charge in [-0.25, -0.2) is 9.37 Å². The number of hydrogen-bond acceptors (Lipinski definition) is 5. The Morgan fingerprint density at radius 1 is 1.29 bits per heavy atom. The van der Waals surface area contributed by atoms with Crippen LogP contribution in [0.2, 0.25) is 0 Å². The molecule has 0 saturated heterocycles. The number of thioether (sulfide) groups is 1. The fourth-order valence-electron chi connectivity index (χ4n) is 3.18. The smallest absolute Gasteiger partial charge is 0.226 e. The largest absolute Gasteiger partial charge is 0.497 e. The van der Waals surface area contributed by atoms with E-state index in [0.29, 0.717) is 0 Å². The highest BCUT2D eigenvalue weighted by Crippen LogP contribution is 2.36. The molecule has 1 atom stereocenters. The number of amides is 1. The lowest BCUT2D eigenvalue weighted by Gasteiger charge is -2.25. The number of nitrogens with zero attached hydrogens (tertiary/aromatic N) is 1. The zero-order valence-electron chi connectivity index (χ0n) is 15.3. The van der Waals surface area contributed by atoms with Crippen molar-refractivity contribution in [3.8, 4) is 16.3 Å². The summed E-state index contributed by atoms with van der Waals surface area (Å²) < 4.78 is 18.8. The Balaban J connectivity index is 1.42. The van der Waals surface area contributed by atoms with Gasteiger partial charge in [-0.05, 0) is 54.4 Å². The van der Waals surface area contributed by atoms with Crippen LogP contribution >= 0.6 is 23.1 Å². The highest BCUT2D eigenvalue weighted by atomic mass is 32.2. The van der Waals surface area contributed by atoms with E-state index in [1.807, 2.05) is 29.6 Å². The van der Waals surface area contributed by atoms with Gasteiger partial charge < -0.3 is 10.1 Å². The number of carbonyl (C=O) groups is 1. The molecule has 0 radical (unpaired) electrons. The molecular weight excluding hydrogens is 395 g/mol. The molecule has 7 heteroatoms. The minimum atomic E-state index is -0.274. The van der Waals surface area contributed by atoms with Gasteiger partial charge in [0.15, 0.2) is 0 Å².